The van der Waals surface area contributed by atoms with Crippen LogP contribution < -0.4 is 5.32 Å². The average molecular weight is 488 g/mol. The molecule has 2 atom stereocenters. The summed E-state index contributed by atoms with van der Waals surface area (Å²) >= 11 is 0. The number of sulfonamides is 1. The number of hydrogen-bond acceptors (Lipinski definition) is 4. The number of hydrogen-bond donors (Lipinski definition) is 1. The summed E-state index contributed by atoms with van der Waals surface area (Å²) < 4.78 is 26.7. The Balaban J connectivity index is 2.10. The Morgan fingerprint density at radius 2 is 1.53 bits per heavy atom. The van der Waals surface area contributed by atoms with Crippen molar-refractivity contribution in [3.63, 3.8) is 0 Å². The molecule has 0 heterocycles. The van der Waals surface area contributed by atoms with Gasteiger partial charge < -0.3 is 10.2 Å². The van der Waals surface area contributed by atoms with E-state index < -0.39 is 16.1 Å². The molecule has 8 heteroatoms. The van der Waals surface area contributed by atoms with Crippen LogP contribution in [0.15, 0.2) is 65.6 Å². The lowest BCUT2D eigenvalue weighted by Crippen LogP contribution is -2.50. The van der Waals surface area contributed by atoms with Crippen molar-refractivity contribution in [2.45, 2.75) is 70.0 Å². The lowest BCUT2D eigenvalue weighted by molar-refractivity contribution is -0.141. The molecule has 2 rings (SSSR count). The maximum absolute atomic E-state index is 13.3. The fourth-order valence-electron chi connectivity index (χ4n) is 3.63. The van der Waals surface area contributed by atoms with Crippen LogP contribution in [0.4, 0.5) is 0 Å². The molecule has 186 valence electrons. The SMILES string of the molecule is CC[C@H](C)NC(=O)[C@H](CC)N(Cc1ccccc1)C(=O)CCCN(C)S(=O)(=O)c1ccccc1. The van der Waals surface area contributed by atoms with Crippen LogP contribution >= 0.6 is 0 Å². The van der Waals surface area contributed by atoms with Crippen molar-refractivity contribution >= 4 is 21.8 Å². The van der Waals surface area contributed by atoms with Crippen LogP contribution in [-0.2, 0) is 26.2 Å². The first kappa shape index (κ1) is 27.5. The smallest absolute Gasteiger partial charge is 0.243 e. The highest BCUT2D eigenvalue weighted by atomic mass is 32.2. The molecule has 2 aromatic carbocycles. The van der Waals surface area contributed by atoms with Crippen LogP contribution in [-0.4, -0.2) is 55.1 Å². The fraction of sp³-hybridized carbons (Fsp3) is 0.462. The van der Waals surface area contributed by atoms with E-state index in [1.807, 2.05) is 51.1 Å². The molecule has 1 N–H and O–H groups in total. The van der Waals surface area contributed by atoms with Gasteiger partial charge in [0.05, 0.1) is 4.90 Å². The van der Waals surface area contributed by atoms with Crippen molar-refractivity contribution in [1.29, 1.82) is 0 Å². The summed E-state index contributed by atoms with van der Waals surface area (Å²) in [4.78, 5) is 28.1. The van der Waals surface area contributed by atoms with Crippen LogP contribution in [0.5, 0.6) is 0 Å². The molecule has 0 radical (unpaired) electrons. The summed E-state index contributed by atoms with van der Waals surface area (Å²) in [5.74, 6) is -0.328. The van der Waals surface area contributed by atoms with Crippen LogP contribution in [0.25, 0.3) is 0 Å². The van der Waals surface area contributed by atoms with E-state index >= 15 is 0 Å². The number of amides is 2. The molecule has 0 aliphatic carbocycles. The Morgan fingerprint density at radius 3 is 2.09 bits per heavy atom. The maximum atomic E-state index is 13.3. The fourth-order valence-corrected chi connectivity index (χ4v) is 4.86. The van der Waals surface area contributed by atoms with Gasteiger partial charge in [0, 0.05) is 32.6 Å². The van der Waals surface area contributed by atoms with Crippen molar-refractivity contribution in [3.8, 4) is 0 Å². The molecule has 7 nitrogen and oxygen atoms in total. The molecule has 2 aromatic rings. The summed E-state index contributed by atoms with van der Waals surface area (Å²) in [5, 5.41) is 2.99. The van der Waals surface area contributed by atoms with Gasteiger partial charge >= 0.3 is 0 Å². The summed E-state index contributed by atoms with van der Waals surface area (Å²) in [5.41, 5.74) is 0.939. The molecule has 2 amide bonds. The van der Waals surface area contributed by atoms with Gasteiger partial charge in [0.25, 0.3) is 0 Å². The van der Waals surface area contributed by atoms with E-state index in [-0.39, 0.29) is 35.7 Å². The third-order valence-corrected chi connectivity index (χ3v) is 7.77. The predicted octanol–water partition coefficient (Wildman–Crippen LogP) is 3.81. The molecule has 34 heavy (non-hydrogen) atoms. The second-order valence-corrected chi connectivity index (χ2v) is 10.5. The first-order chi connectivity index (χ1) is 16.2. The normalized spacial score (nSPS) is 13.3. The lowest BCUT2D eigenvalue weighted by Gasteiger charge is -2.31. The van der Waals surface area contributed by atoms with Crippen LogP contribution in [0.1, 0.15) is 52.0 Å². The quantitative estimate of drug-likeness (QED) is 0.465. The van der Waals surface area contributed by atoms with Gasteiger partial charge in [-0.25, -0.2) is 12.7 Å². The van der Waals surface area contributed by atoms with E-state index in [4.69, 9.17) is 0 Å². The van der Waals surface area contributed by atoms with Gasteiger partial charge in [-0.3, -0.25) is 9.59 Å². The summed E-state index contributed by atoms with van der Waals surface area (Å²) in [6, 6.07) is 17.2. The number of carbonyl (C=O) groups is 2. The maximum Gasteiger partial charge on any atom is 0.243 e. The Labute approximate surface area is 204 Å². The highest BCUT2D eigenvalue weighted by molar-refractivity contribution is 7.89. The number of benzene rings is 2. The minimum atomic E-state index is -3.61. The highest BCUT2D eigenvalue weighted by Crippen LogP contribution is 2.17. The number of nitrogens with one attached hydrogen (secondary N) is 1. The molecular formula is C26H37N3O4S. The second kappa shape index (κ2) is 13.2. The molecule has 0 fully saturated rings. The molecule has 0 aromatic heterocycles. The van der Waals surface area contributed by atoms with Gasteiger partial charge in [-0.2, -0.15) is 0 Å². The van der Waals surface area contributed by atoms with Crippen molar-refractivity contribution in [3.05, 3.63) is 66.2 Å². The van der Waals surface area contributed by atoms with E-state index in [2.05, 4.69) is 5.32 Å². The Hall–Kier alpha value is -2.71. The minimum Gasteiger partial charge on any atom is -0.352 e. The molecule has 0 saturated carbocycles. The van der Waals surface area contributed by atoms with Crippen molar-refractivity contribution in [2.75, 3.05) is 13.6 Å². The lowest BCUT2D eigenvalue weighted by atomic mass is 10.1. The number of rotatable bonds is 13. The monoisotopic (exact) mass is 487 g/mol. The molecule has 0 unspecified atom stereocenters. The zero-order valence-electron chi connectivity index (χ0n) is 20.6. The highest BCUT2D eigenvalue weighted by Gasteiger charge is 2.29. The Morgan fingerprint density at radius 1 is 0.941 bits per heavy atom. The van der Waals surface area contributed by atoms with E-state index in [9.17, 15) is 18.0 Å². The minimum absolute atomic E-state index is 0.0204. The Kier molecular flexibility index (Phi) is 10.7. The van der Waals surface area contributed by atoms with Crippen LogP contribution in [0.3, 0.4) is 0 Å². The van der Waals surface area contributed by atoms with Crippen LogP contribution in [0, 0.1) is 0 Å². The van der Waals surface area contributed by atoms with E-state index in [0.717, 1.165) is 12.0 Å². The van der Waals surface area contributed by atoms with Crippen molar-refractivity contribution in [2.24, 2.45) is 0 Å². The van der Waals surface area contributed by atoms with Gasteiger partial charge in [-0.1, -0.05) is 62.4 Å². The molecule has 0 spiro atoms. The average Bonchev–Trinajstić information content (AvgIpc) is 2.84. The van der Waals surface area contributed by atoms with Gasteiger partial charge in [0.1, 0.15) is 6.04 Å². The van der Waals surface area contributed by atoms with Gasteiger partial charge in [-0.15, -0.1) is 0 Å². The van der Waals surface area contributed by atoms with Gasteiger partial charge in [0.15, 0.2) is 0 Å². The first-order valence-electron chi connectivity index (χ1n) is 11.9. The van der Waals surface area contributed by atoms with Gasteiger partial charge in [0.2, 0.25) is 21.8 Å². The molecule has 0 bridgehead atoms. The first-order valence-corrected chi connectivity index (χ1v) is 13.3. The molecular weight excluding hydrogens is 450 g/mol. The van der Waals surface area contributed by atoms with E-state index in [0.29, 0.717) is 19.4 Å². The number of carbonyl (C=O) groups excluding carboxylic acids is 2. The van der Waals surface area contributed by atoms with Crippen LogP contribution in [0.2, 0.25) is 0 Å². The molecule has 0 aliphatic rings. The van der Waals surface area contributed by atoms with Gasteiger partial charge in [-0.05, 0) is 43.9 Å². The second-order valence-electron chi connectivity index (χ2n) is 8.49. The summed E-state index contributed by atoms with van der Waals surface area (Å²) in [6.45, 7) is 6.37. The number of nitrogens with zero attached hydrogens (tertiary/aromatic N) is 2. The third kappa shape index (κ3) is 7.67. The topological polar surface area (TPSA) is 86.8 Å². The van der Waals surface area contributed by atoms with E-state index in [1.54, 1.807) is 35.2 Å². The van der Waals surface area contributed by atoms with Crippen molar-refractivity contribution < 1.29 is 18.0 Å². The van der Waals surface area contributed by atoms with Crippen molar-refractivity contribution in [1.82, 2.24) is 14.5 Å². The third-order valence-electron chi connectivity index (χ3n) is 5.90. The predicted molar refractivity (Wildman–Crippen MR) is 134 cm³/mol. The standard InChI is InChI=1S/C26H37N3O4S/c1-5-21(3)27-26(31)24(6-2)29(20-22-14-9-7-10-15-22)25(30)18-13-19-28(4)34(32,33)23-16-11-8-12-17-23/h7-12,14-17,21,24H,5-6,13,18-20H2,1-4H3,(H,27,31)/t21-,24-/m0/s1. The van der Waals surface area contributed by atoms with E-state index in [1.165, 1.54) is 11.4 Å². The zero-order chi connectivity index (χ0) is 25.1. The largest absolute Gasteiger partial charge is 0.352 e. The summed E-state index contributed by atoms with van der Waals surface area (Å²) in [6.07, 6.45) is 1.80. The molecule has 0 aliphatic heterocycles. The molecule has 0 saturated heterocycles. The zero-order valence-corrected chi connectivity index (χ0v) is 21.4. The summed E-state index contributed by atoms with van der Waals surface area (Å²) in [7, 11) is -2.10. The Bertz CT molecular complexity index is 1010.